The molecule has 0 spiro atoms. The Hall–Kier alpha value is -1.84. The summed E-state index contributed by atoms with van der Waals surface area (Å²) >= 11 is 0. The Morgan fingerprint density at radius 1 is 1.47 bits per heavy atom. The smallest absolute Gasteiger partial charge is 0.325 e. The third kappa shape index (κ3) is 1.70. The first-order valence-corrected chi connectivity index (χ1v) is 4.52. The van der Waals surface area contributed by atoms with Crippen LogP contribution in [-0.2, 0) is 16.1 Å². The molecule has 0 unspecified atom stereocenters. The first kappa shape index (κ1) is 9.71. The van der Waals surface area contributed by atoms with Gasteiger partial charge in [0, 0.05) is 11.6 Å². The van der Waals surface area contributed by atoms with E-state index in [0.717, 1.165) is 0 Å². The number of carbonyl (C=O) groups excluding carboxylic acids is 1. The number of rotatable bonds is 2. The van der Waals surface area contributed by atoms with E-state index in [9.17, 15) is 9.18 Å². The number of methoxy groups -OCH3 is 1. The molecule has 0 saturated carbocycles. The van der Waals surface area contributed by atoms with Gasteiger partial charge in [0.1, 0.15) is 12.4 Å². The van der Waals surface area contributed by atoms with E-state index in [4.69, 9.17) is 0 Å². The summed E-state index contributed by atoms with van der Waals surface area (Å²) in [6, 6.07) is 6.42. The van der Waals surface area contributed by atoms with Gasteiger partial charge in [-0.25, -0.2) is 4.39 Å². The highest BCUT2D eigenvalue weighted by molar-refractivity contribution is 5.82. The van der Waals surface area contributed by atoms with E-state index >= 15 is 0 Å². The van der Waals surface area contributed by atoms with Crippen LogP contribution in [0, 0.1) is 5.82 Å². The number of ether oxygens (including phenoxy) is 1. The first-order valence-electron chi connectivity index (χ1n) is 4.52. The second-order valence-corrected chi connectivity index (χ2v) is 3.19. The molecule has 78 valence electrons. The van der Waals surface area contributed by atoms with Gasteiger partial charge in [-0.2, -0.15) is 0 Å². The molecule has 0 aliphatic heterocycles. The van der Waals surface area contributed by atoms with Crippen molar-refractivity contribution in [2.75, 3.05) is 7.11 Å². The molecule has 0 N–H and O–H groups in total. The molecule has 15 heavy (non-hydrogen) atoms. The van der Waals surface area contributed by atoms with Crippen LogP contribution in [0.2, 0.25) is 0 Å². The maximum absolute atomic E-state index is 13.3. The fraction of sp³-hybridized carbons (Fsp3) is 0.182. The largest absolute Gasteiger partial charge is 0.468 e. The summed E-state index contributed by atoms with van der Waals surface area (Å²) < 4.78 is 19.5. The minimum Gasteiger partial charge on any atom is -0.468 e. The van der Waals surface area contributed by atoms with Crippen molar-refractivity contribution >= 4 is 16.9 Å². The molecule has 3 nitrogen and oxygen atoms in total. The molecule has 2 aromatic rings. The first-order chi connectivity index (χ1) is 7.22. The normalized spacial score (nSPS) is 10.5. The average molecular weight is 207 g/mol. The maximum Gasteiger partial charge on any atom is 0.325 e. The fourth-order valence-corrected chi connectivity index (χ4v) is 1.53. The van der Waals surface area contributed by atoms with Gasteiger partial charge in [0.05, 0.1) is 12.6 Å². The number of fused-ring (bicyclic) bond motifs is 1. The molecular weight excluding hydrogens is 197 g/mol. The minimum atomic E-state index is -0.350. The number of nitrogens with zero attached hydrogens (tertiary/aromatic N) is 1. The molecular formula is C11H10FNO2. The lowest BCUT2D eigenvalue weighted by atomic mass is 10.2. The van der Waals surface area contributed by atoms with Crippen LogP contribution < -0.4 is 0 Å². The highest BCUT2D eigenvalue weighted by atomic mass is 19.1. The van der Waals surface area contributed by atoms with E-state index < -0.39 is 0 Å². The summed E-state index contributed by atoms with van der Waals surface area (Å²) in [6.07, 6.45) is 1.67. The Labute approximate surface area is 86.1 Å². The molecule has 0 bridgehead atoms. The topological polar surface area (TPSA) is 31.2 Å². The number of esters is 1. The molecule has 0 atom stereocenters. The van der Waals surface area contributed by atoms with Crippen LogP contribution in [-0.4, -0.2) is 17.6 Å². The second kappa shape index (κ2) is 3.73. The van der Waals surface area contributed by atoms with Crippen LogP contribution in [0.25, 0.3) is 10.9 Å². The number of hydrogen-bond acceptors (Lipinski definition) is 2. The summed E-state index contributed by atoms with van der Waals surface area (Å²) in [6.45, 7) is 0.101. The lowest BCUT2D eigenvalue weighted by Crippen LogP contribution is -2.10. The Morgan fingerprint density at radius 3 is 3.00 bits per heavy atom. The Morgan fingerprint density at radius 2 is 2.27 bits per heavy atom. The van der Waals surface area contributed by atoms with E-state index in [1.54, 1.807) is 29.0 Å². The quantitative estimate of drug-likeness (QED) is 0.705. The predicted molar refractivity (Wildman–Crippen MR) is 53.9 cm³/mol. The van der Waals surface area contributed by atoms with Crippen LogP contribution >= 0.6 is 0 Å². The van der Waals surface area contributed by atoms with Crippen molar-refractivity contribution in [1.29, 1.82) is 0 Å². The van der Waals surface area contributed by atoms with Crippen LogP contribution in [0.5, 0.6) is 0 Å². The van der Waals surface area contributed by atoms with Crippen molar-refractivity contribution in [3.05, 3.63) is 36.3 Å². The molecule has 0 fully saturated rings. The van der Waals surface area contributed by atoms with E-state index in [-0.39, 0.29) is 18.3 Å². The van der Waals surface area contributed by atoms with E-state index in [0.29, 0.717) is 10.9 Å². The Bertz CT molecular complexity index is 504. The lowest BCUT2D eigenvalue weighted by Gasteiger charge is -2.03. The monoisotopic (exact) mass is 207 g/mol. The molecule has 0 saturated heterocycles. The van der Waals surface area contributed by atoms with Gasteiger partial charge in [-0.1, -0.05) is 6.07 Å². The van der Waals surface area contributed by atoms with Gasteiger partial charge in [0.2, 0.25) is 0 Å². The summed E-state index contributed by atoms with van der Waals surface area (Å²) in [5, 5.41) is 0.515. The van der Waals surface area contributed by atoms with Gasteiger partial charge in [-0.05, 0) is 18.2 Å². The van der Waals surface area contributed by atoms with Gasteiger partial charge in [0.25, 0.3) is 0 Å². The van der Waals surface area contributed by atoms with Crippen molar-refractivity contribution in [1.82, 2.24) is 4.57 Å². The molecule has 1 aromatic heterocycles. The average Bonchev–Trinajstić information content (AvgIpc) is 2.63. The van der Waals surface area contributed by atoms with Crippen molar-refractivity contribution in [2.24, 2.45) is 0 Å². The van der Waals surface area contributed by atoms with Gasteiger partial charge >= 0.3 is 5.97 Å². The fourth-order valence-electron chi connectivity index (χ4n) is 1.53. The van der Waals surface area contributed by atoms with Crippen molar-refractivity contribution in [3.63, 3.8) is 0 Å². The molecule has 2 rings (SSSR count). The zero-order chi connectivity index (χ0) is 10.8. The Balaban J connectivity index is 2.45. The minimum absolute atomic E-state index is 0.101. The number of hydrogen-bond donors (Lipinski definition) is 0. The lowest BCUT2D eigenvalue weighted by molar-refractivity contribution is -0.141. The van der Waals surface area contributed by atoms with Crippen LogP contribution in [0.4, 0.5) is 4.39 Å². The number of carbonyl (C=O) groups is 1. The Kier molecular flexibility index (Phi) is 2.41. The second-order valence-electron chi connectivity index (χ2n) is 3.19. The van der Waals surface area contributed by atoms with E-state index in [1.807, 2.05) is 0 Å². The SMILES string of the molecule is COC(=O)Cn1ccc2c(F)cccc21. The molecule has 0 amide bonds. The zero-order valence-electron chi connectivity index (χ0n) is 8.24. The standard InChI is InChI=1S/C11H10FNO2/c1-15-11(14)7-13-6-5-8-9(12)3-2-4-10(8)13/h2-6H,7H2,1H3. The highest BCUT2D eigenvalue weighted by Gasteiger charge is 2.07. The predicted octanol–water partition coefficient (Wildman–Crippen LogP) is 1.95. The van der Waals surface area contributed by atoms with Crippen LogP contribution in [0.1, 0.15) is 0 Å². The van der Waals surface area contributed by atoms with Gasteiger partial charge < -0.3 is 9.30 Å². The van der Waals surface area contributed by atoms with Crippen LogP contribution in [0.15, 0.2) is 30.5 Å². The van der Waals surface area contributed by atoms with E-state index in [1.165, 1.54) is 13.2 Å². The number of halogens is 1. The van der Waals surface area contributed by atoms with Gasteiger partial charge in [-0.15, -0.1) is 0 Å². The molecule has 0 aliphatic rings. The van der Waals surface area contributed by atoms with Gasteiger partial charge in [-0.3, -0.25) is 4.79 Å². The third-order valence-electron chi connectivity index (χ3n) is 2.29. The summed E-state index contributed by atoms with van der Waals surface area (Å²) in [4.78, 5) is 11.1. The summed E-state index contributed by atoms with van der Waals surface area (Å²) in [5.41, 5.74) is 0.695. The van der Waals surface area contributed by atoms with Crippen molar-refractivity contribution < 1.29 is 13.9 Å². The van der Waals surface area contributed by atoms with Crippen LogP contribution in [0.3, 0.4) is 0 Å². The molecule has 1 aromatic carbocycles. The van der Waals surface area contributed by atoms with E-state index in [2.05, 4.69) is 4.74 Å². The van der Waals surface area contributed by atoms with Crippen molar-refractivity contribution in [2.45, 2.75) is 6.54 Å². The number of benzene rings is 1. The summed E-state index contributed by atoms with van der Waals surface area (Å²) in [7, 11) is 1.33. The van der Waals surface area contributed by atoms with Gasteiger partial charge in [0.15, 0.2) is 0 Å². The summed E-state index contributed by atoms with van der Waals surface area (Å²) in [5.74, 6) is -0.632. The molecule has 0 radical (unpaired) electrons. The highest BCUT2D eigenvalue weighted by Crippen LogP contribution is 2.18. The number of aromatic nitrogens is 1. The zero-order valence-corrected chi connectivity index (χ0v) is 8.24. The maximum atomic E-state index is 13.3. The van der Waals surface area contributed by atoms with Crippen molar-refractivity contribution in [3.8, 4) is 0 Å². The molecule has 4 heteroatoms. The molecule has 1 heterocycles. The third-order valence-corrected chi connectivity index (χ3v) is 2.29. The molecule has 0 aliphatic carbocycles.